The molecule has 2 aliphatic heterocycles. The van der Waals surface area contributed by atoms with Gasteiger partial charge >= 0.3 is 11.9 Å². The van der Waals surface area contributed by atoms with Crippen LogP contribution >= 0.6 is 0 Å². The van der Waals surface area contributed by atoms with Crippen LogP contribution in [-0.4, -0.2) is 62.7 Å². The number of nitrogens with one attached hydrogen (secondary N) is 2. The minimum Gasteiger partial charge on any atom is -0.497 e. The van der Waals surface area contributed by atoms with Crippen molar-refractivity contribution in [2.75, 3.05) is 50.0 Å². The molecule has 4 aromatic rings. The number of carbonyl (C=O) groups excluding carboxylic acids is 4. The molecule has 2 bridgehead atoms. The van der Waals surface area contributed by atoms with E-state index in [9.17, 15) is 24.0 Å². The van der Waals surface area contributed by atoms with Crippen molar-refractivity contribution >= 4 is 40.8 Å². The average molecular weight is 651 g/mol. The highest BCUT2D eigenvalue weighted by Gasteiger charge is 2.35. The van der Waals surface area contributed by atoms with E-state index in [0.29, 0.717) is 36.6 Å². The quantitative estimate of drug-likeness (QED) is 0.262. The van der Waals surface area contributed by atoms with E-state index in [2.05, 4.69) is 15.5 Å². The van der Waals surface area contributed by atoms with Crippen molar-refractivity contribution in [3.8, 4) is 5.75 Å². The van der Waals surface area contributed by atoms with Gasteiger partial charge in [0, 0.05) is 54.1 Å². The largest absolute Gasteiger partial charge is 0.497 e. The Morgan fingerprint density at radius 1 is 0.708 bits per heavy atom. The zero-order valence-electron chi connectivity index (χ0n) is 26.6. The highest BCUT2D eigenvalue weighted by atomic mass is 16.5. The van der Waals surface area contributed by atoms with Gasteiger partial charge in [0.1, 0.15) is 5.75 Å². The molecule has 48 heavy (non-hydrogen) atoms. The lowest BCUT2D eigenvalue weighted by molar-refractivity contribution is 0.0598. The van der Waals surface area contributed by atoms with Gasteiger partial charge in [-0.25, -0.2) is 9.59 Å². The molecule has 1 fully saturated rings. The first-order chi connectivity index (χ1) is 23.2. The van der Waals surface area contributed by atoms with Gasteiger partial charge < -0.3 is 34.3 Å². The summed E-state index contributed by atoms with van der Waals surface area (Å²) in [7, 11) is 3.97. The van der Waals surface area contributed by atoms with Crippen molar-refractivity contribution in [2.45, 2.75) is 18.9 Å². The number of rotatable bonds is 8. The van der Waals surface area contributed by atoms with Crippen LogP contribution in [-0.2, 0) is 16.0 Å². The number of esters is 2. The van der Waals surface area contributed by atoms with Crippen molar-refractivity contribution in [1.82, 2.24) is 4.57 Å². The number of fused-ring (bicyclic) bond motifs is 4. The fourth-order valence-electron chi connectivity index (χ4n) is 6.46. The molecule has 3 heterocycles. The van der Waals surface area contributed by atoms with E-state index < -0.39 is 17.8 Å². The number of hydrogen-bond acceptors (Lipinski definition) is 9. The molecule has 2 N–H and O–H groups in total. The summed E-state index contributed by atoms with van der Waals surface area (Å²) >= 11 is 0. The van der Waals surface area contributed by atoms with Gasteiger partial charge in [0.25, 0.3) is 17.4 Å². The minimum absolute atomic E-state index is 0.00529. The highest BCUT2D eigenvalue weighted by molar-refractivity contribution is 6.10. The minimum atomic E-state index is -0.692. The van der Waals surface area contributed by atoms with E-state index in [1.807, 2.05) is 10.6 Å². The zero-order chi connectivity index (χ0) is 33.9. The van der Waals surface area contributed by atoms with Crippen LogP contribution in [0.15, 0.2) is 83.7 Å². The van der Waals surface area contributed by atoms with Crippen LogP contribution in [0.4, 0.5) is 17.1 Å². The maximum Gasteiger partial charge on any atom is 0.337 e. The van der Waals surface area contributed by atoms with E-state index in [4.69, 9.17) is 14.2 Å². The van der Waals surface area contributed by atoms with E-state index in [1.165, 1.54) is 32.4 Å². The van der Waals surface area contributed by atoms with Gasteiger partial charge in [-0.05, 0) is 79.1 Å². The standard InChI is InChI=1S/C36H34N4O8/c1-46-28-10-7-22(8-11-28)33(42)38-29-17-23(34(43)37-27-15-24(35(44)47-2)14-25(16-27)36(45)48-3)9-12-31(29)39-18-21-13-26(20-39)30-5-4-6-32(41)40(30)19-21/h4-12,14-17,21,26H,13,18-20H2,1-3H3,(H,37,43)(H,38,42). The Morgan fingerprint density at radius 2 is 1.38 bits per heavy atom. The molecular weight excluding hydrogens is 616 g/mol. The number of nitrogens with zero attached hydrogens (tertiary/aromatic N) is 2. The number of piperidine rings is 1. The third-order valence-electron chi connectivity index (χ3n) is 8.71. The third kappa shape index (κ3) is 6.50. The van der Waals surface area contributed by atoms with E-state index in [1.54, 1.807) is 61.7 Å². The molecule has 0 spiro atoms. The monoisotopic (exact) mass is 650 g/mol. The second-order valence-electron chi connectivity index (χ2n) is 11.8. The van der Waals surface area contributed by atoms with E-state index in [0.717, 1.165) is 17.8 Å². The van der Waals surface area contributed by atoms with Crippen LogP contribution in [0.3, 0.4) is 0 Å². The summed E-state index contributed by atoms with van der Waals surface area (Å²) in [4.78, 5) is 66.4. The lowest BCUT2D eigenvalue weighted by Gasteiger charge is -2.44. The first kappa shape index (κ1) is 32.0. The molecule has 12 heteroatoms. The fraction of sp³-hybridized carbons (Fsp3) is 0.250. The topological polar surface area (TPSA) is 145 Å². The summed E-state index contributed by atoms with van der Waals surface area (Å²) < 4.78 is 16.7. The molecule has 3 aromatic carbocycles. The van der Waals surface area contributed by atoms with Crippen LogP contribution in [0.5, 0.6) is 5.75 Å². The number of ether oxygens (including phenoxy) is 3. The summed E-state index contributed by atoms with van der Waals surface area (Å²) in [5.41, 5.74) is 3.04. The average Bonchev–Trinajstić information content (AvgIpc) is 3.11. The first-order valence-corrected chi connectivity index (χ1v) is 15.3. The van der Waals surface area contributed by atoms with Crippen LogP contribution < -0.4 is 25.8 Å². The molecule has 1 saturated heterocycles. The number of benzene rings is 3. The SMILES string of the molecule is COC(=O)c1cc(NC(=O)c2ccc(N3CC4CC(C3)c3cccc(=O)n3C4)c(NC(=O)c3ccc(OC)cc3)c2)cc(C(=O)OC)c1. The normalized spacial score (nSPS) is 16.3. The number of anilines is 3. The Bertz CT molecular complexity index is 1940. The molecule has 0 radical (unpaired) electrons. The Kier molecular flexibility index (Phi) is 8.98. The van der Waals surface area contributed by atoms with Crippen LogP contribution in [0.1, 0.15) is 59.5 Å². The van der Waals surface area contributed by atoms with Crippen molar-refractivity contribution in [3.05, 3.63) is 117 Å². The molecule has 0 saturated carbocycles. The second kappa shape index (κ2) is 13.4. The molecule has 6 rings (SSSR count). The van der Waals surface area contributed by atoms with Gasteiger partial charge in [-0.3, -0.25) is 14.4 Å². The summed E-state index contributed by atoms with van der Waals surface area (Å²) in [6, 6.07) is 21.2. The lowest BCUT2D eigenvalue weighted by atomic mass is 9.83. The Morgan fingerprint density at radius 3 is 2.04 bits per heavy atom. The molecule has 2 unspecified atom stereocenters. The molecular formula is C36H34N4O8. The smallest absolute Gasteiger partial charge is 0.337 e. The summed E-state index contributed by atoms with van der Waals surface area (Å²) in [5.74, 6) is -1.36. The van der Waals surface area contributed by atoms with Gasteiger partial charge in [0.15, 0.2) is 0 Å². The van der Waals surface area contributed by atoms with Crippen LogP contribution in [0, 0.1) is 5.92 Å². The molecule has 2 atom stereocenters. The Labute approximate surface area is 276 Å². The molecule has 2 amide bonds. The maximum absolute atomic E-state index is 13.6. The maximum atomic E-state index is 13.6. The van der Waals surface area contributed by atoms with Gasteiger partial charge in [-0.1, -0.05) is 6.07 Å². The van der Waals surface area contributed by atoms with Crippen molar-refractivity contribution in [3.63, 3.8) is 0 Å². The van der Waals surface area contributed by atoms with E-state index >= 15 is 0 Å². The van der Waals surface area contributed by atoms with Crippen molar-refractivity contribution in [2.24, 2.45) is 5.92 Å². The number of amides is 2. The number of aromatic nitrogens is 1. The zero-order valence-corrected chi connectivity index (χ0v) is 26.6. The molecule has 2 aliphatic rings. The Balaban J connectivity index is 1.33. The predicted octanol–water partition coefficient (Wildman–Crippen LogP) is 4.56. The van der Waals surface area contributed by atoms with Gasteiger partial charge in [0.2, 0.25) is 0 Å². The fourth-order valence-corrected chi connectivity index (χ4v) is 6.46. The van der Waals surface area contributed by atoms with Gasteiger partial charge in [-0.15, -0.1) is 0 Å². The van der Waals surface area contributed by atoms with Crippen molar-refractivity contribution in [1.29, 1.82) is 0 Å². The number of pyridine rings is 1. The van der Waals surface area contributed by atoms with Gasteiger partial charge in [-0.2, -0.15) is 0 Å². The first-order valence-electron chi connectivity index (χ1n) is 15.3. The predicted molar refractivity (Wildman–Crippen MR) is 178 cm³/mol. The molecule has 0 aliphatic carbocycles. The van der Waals surface area contributed by atoms with E-state index in [-0.39, 0.29) is 45.7 Å². The second-order valence-corrected chi connectivity index (χ2v) is 11.8. The molecule has 246 valence electrons. The lowest BCUT2D eigenvalue weighted by Crippen LogP contribution is -2.47. The van der Waals surface area contributed by atoms with Gasteiger partial charge in [0.05, 0.1) is 43.8 Å². The summed E-state index contributed by atoms with van der Waals surface area (Å²) in [5, 5.41) is 5.74. The number of hydrogen-bond donors (Lipinski definition) is 2. The summed E-state index contributed by atoms with van der Waals surface area (Å²) in [6.45, 7) is 1.88. The van der Waals surface area contributed by atoms with Crippen LogP contribution in [0.2, 0.25) is 0 Å². The van der Waals surface area contributed by atoms with Crippen molar-refractivity contribution < 1.29 is 33.4 Å². The molecule has 12 nitrogen and oxygen atoms in total. The summed E-state index contributed by atoms with van der Waals surface area (Å²) in [6.07, 6.45) is 0.951. The number of methoxy groups -OCH3 is 3. The molecule has 1 aromatic heterocycles. The van der Waals surface area contributed by atoms with Crippen LogP contribution in [0.25, 0.3) is 0 Å². The Hall–Kier alpha value is -5.91. The highest BCUT2D eigenvalue weighted by Crippen LogP contribution is 2.39. The number of carbonyl (C=O) groups is 4. The third-order valence-corrected chi connectivity index (χ3v) is 8.71.